The highest BCUT2D eigenvalue weighted by molar-refractivity contribution is 5.84. The topological polar surface area (TPSA) is 60.4 Å². The van der Waals surface area contributed by atoms with Crippen molar-refractivity contribution in [3.8, 4) is 0 Å². The summed E-state index contributed by atoms with van der Waals surface area (Å²) in [5, 5.41) is 4.71. The van der Waals surface area contributed by atoms with Crippen molar-refractivity contribution in [3.63, 3.8) is 0 Å². The first-order valence-corrected chi connectivity index (χ1v) is 8.47. The summed E-state index contributed by atoms with van der Waals surface area (Å²) < 4.78 is 0. The van der Waals surface area contributed by atoms with Crippen molar-refractivity contribution in [1.82, 2.24) is 15.3 Å². The summed E-state index contributed by atoms with van der Waals surface area (Å²) in [6, 6.07) is 10.2. The number of carbonyl (C=O) groups is 1. The molecule has 0 atom stereocenters. The molecule has 3 aliphatic rings. The van der Waals surface area contributed by atoms with Crippen molar-refractivity contribution in [2.45, 2.75) is 13.8 Å². The molecule has 0 fully saturated rings. The minimum atomic E-state index is -0.101. The van der Waals surface area contributed by atoms with Gasteiger partial charge in [-0.1, -0.05) is 18.2 Å². The molecule has 3 heterocycles. The Balaban J connectivity index is 1.84. The molecule has 0 aliphatic carbocycles. The van der Waals surface area contributed by atoms with E-state index in [1.807, 2.05) is 31.3 Å². The molecule has 1 N–H and O–H groups in total. The fourth-order valence-corrected chi connectivity index (χ4v) is 3.40. The second kappa shape index (κ2) is 6.34. The summed E-state index contributed by atoms with van der Waals surface area (Å²) in [7, 11) is 1.64. The first kappa shape index (κ1) is 16.4. The van der Waals surface area contributed by atoms with Crippen LogP contribution in [0.4, 0.5) is 5.69 Å². The number of nitrogens with one attached hydrogen (secondary N) is 1. The Morgan fingerprint density at radius 2 is 2.00 bits per heavy atom. The molecule has 0 spiro atoms. The summed E-state index contributed by atoms with van der Waals surface area (Å²) in [6.07, 6.45) is 3.72. The quantitative estimate of drug-likeness (QED) is 0.904. The third-order valence-corrected chi connectivity index (χ3v) is 4.58. The monoisotopic (exact) mass is 351 g/mol. The van der Waals surface area contributed by atoms with Gasteiger partial charge < -0.3 is 15.1 Å². The lowest BCUT2D eigenvalue weighted by atomic mass is 10.0. The average Bonchev–Trinajstić information content (AvgIpc) is 3.07. The zero-order valence-electron chi connectivity index (χ0n) is 15.1. The molecule has 1 aromatic carbocycles. The molecule has 4 rings (SSSR count). The molecule has 26 heavy (non-hydrogen) atoms. The number of para-hydroxylation sites is 1. The summed E-state index contributed by atoms with van der Waals surface area (Å²) in [6.45, 7) is 4.78. The highest BCUT2D eigenvalue weighted by Crippen LogP contribution is 2.38. The third kappa shape index (κ3) is 2.66. The van der Waals surface area contributed by atoms with Gasteiger partial charge in [-0.2, -0.15) is 0 Å². The van der Waals surface area contributed by atoms with E-state index in [2.05, 4.69) is 32.2 Å². The first-order chi connectivity index (χ1) is 12.6. The van der Waals surface area contributed by atoms with Gasteiger partial charge in [0, 0.05) is 19.2 Å². The molecule has 7 heteroatoms. The molecule has 7 nitrogen and oxygen atoms in total. The lowest BCUT2D eigenvalue weighted by Crippen LogP contribution is -2.44. The van der Waals surface area contributed by atoms with Crippen LogP contribution in [0.5, 0.6) is 0 Å². The first-order valence-electron chi connectivity index (χ1n) is 8.47. The molecule has 1 aromatic rings. The van der Waals surface area contributed by atoms with E-state index in [-0.39, 0.29) is 5.91 Å². The maximum absolute atomic E-state index is 11.7. The van der Waals surface area contributed by atoms with Crippen molar-refractivity contribution >= 4 is 17.8 Å². The SMILES string of the molecule is CON1C=C2C=NC3=C(N2C1)N(c1ccccc1)CC(C)=C3NC(C)=O. The van der Waals surface area contributed by atoms with Crippen LogP contribution >= 0.6 is 0 Å². The van der Waals surface area contributed by atoms with Crippen LogP contribution in [0.1, 0.15) is 13.8 Å². The highest BCUT2D eigenvalue weighted by atomic mass is 16.7. The maximum atomic E-state index is 11.7. The summed E-state index contributed by atoms with van der Waals surface area (Å²) >= 11 is 0. The van der Waals surface area contributed by atoms with Gasteiger partial charge >= 0.3 is 0 Å². The summed E-state index contributed by atoms with van der Waals surface area (Å²) in [5.74, 6) is 0.842. The van der Waals surface area contributed by atoms with E-state index in [1.54, 1.807) is 18.4 Å². The van der Waals surface area contributed by atoms with Gasteiger partial charge in [0.25, 0.3) is 0 Å². The Hall–Kier alpha value is -3.06. The van der Waals surface area contributed by atoms with Crippen molar-refractivity contribution in [3.05, 3.63) is 65.0 Å². The number of rotatable bonds is 3. The van der Waals surface area contributed by atoms with Gasteiger partial charge in [-0.3, -0.25) is 9.63 Å². The van der Waals surface area contributed by atoms with E-state index < -0.39 is 0 Å². The molecule has 0 unspecified atom stereocenters. The lowest BCUT2D eigenvalue weighted by Gasteiger charge is -2.40. The second-order valence-corrected chi connectivity index (χ2v) is 6.41. The van der Waals surface area contributed by atoms with Crippen molar-refractivity contribution in [1.29, 1.82) is 0 Å². The van der Waals surface area contributed by atoms with E-state index in [4.69, 9.17) is 4.84 Å². The van der Waals surface area contributed by atoms with Crippen LogP contribution < -0.4 is 10.2 Å². The predicted octanol–water partition coefficient (Wildman–Crippen LogP) is 2.15. The van der Waals surface area contributed by atoms with Crippen LogP contribution in [-0.2, 0) is 9.63 Å². The molecule has 0 aromatic heterocycles. The number of benzene rings is 1. The van der Waals surface area contributed by atoms with E-state index in [0.717, 1.165) is 34.2 Å². The molecule has 134 valence electrons. The van der Waals surface area contributed by atoms with Crippen molar-refractivity contribution < 1.29 is 9.63 Å². The fourth-order valence-electron chi connectivity index (χ4n) is 3.40. The number of fused-ring (bicyclic) bond motifs is 2. The molecule has 0 saturated carbocycles. The Morgan fingerprint density at radius 1 is 1.23 bits per heavy atom. The number of amides is 1. The predicted molar refractivity (Wildman–Crippen MR) is 99.5 cm³/mol. The number of hydrogen-bond donors (Lipinski definition) is 1. The fraction of sp³-hybridized carbons (Fsp3) is 0.263. The average molecular weight is 351 g/mol. The lowest BCUT2D eigenvalue weighted by molar-refractivity contribution is -0.118. The van der Waals surface area contributed by atoms with Crippen LogP contribution in [0.3, 0.4) is 0 Å². The van der Waals surface area contributed by atoms with E-state index in [0.29, 0.717) is 13.2 Å². The molecule has 3 aliphatic heterocycles. The van der Waals surface area contributed by atoms with Crippen LogP contribution in [0, 0.1) is 0 Å². The van der Waals surface area contributed by atoms with Gasteiger partial charge in [-0.05, 0) is 24.6 Å². The maximum Gasteiger partial charge on any atom is 0.221 e. The van der Waals surface area contributed by atoms with Gasteiger partial charge in [0.15, 0.2) is 0 Å². The van der Waals surface area contributed by atoms with Crippen LogP contribution in [0.25, 0.3) is 0 Å². The number of nitrogens with zero attached hydrogens (tertiary/aromatic N) is 4. The van der Waals surface area contributed by atoms with Crippen molar-refractivity contribution in [2.75, 3.05) is 25.2 Å². The molecule has 0 radical (unpaired) electrons. The third-order valence-electron chi connectivity index (χ3n) is 4.58. The van der Waals surface area contributed by atoms with Crippen molar-refractivity contribution in [2.24, 2.45) is 4.99 Å². The number of hydroxylamine groups is 2. The Bertz CT molecular complexity index is 869. The van der Waals surface area contributed by atoms with Gasteiger partial charge in [0.05, 0.1) is 30.9 Å². The standard InChI is InChI=1S/C19H21N5O2/c1-13-10-23(15-7-5-4-6-8-15)19-18(17(13)21-14(2)25)20-9-16-11-22(26-3)12-24(16)19/h4-9,11H,10,12H2,1-3H3,(H,21,25). The highest BCUT2D eigenvalue weighted by Gasteiger charge is 2.37. The van der Waals surface area contributed by atoms with Crippen LogP contribution in [-0.4, -0.2) is 42.4 Å². The van der Waals surface area contributed by atoms with Crippen LogP contribution in [0.15, 0.2) is 70.0 Å². The van der Waals surface area contributed by atoms with Gasteiger partial charge in [0.1, 0.15) is 18.2 Å². The number of allylic oxidation sites excluding steroid dienone is 1. The number of aliphatic imine (C=N–C) groups is 1. The molecule has 0 saturated heterocycles. The number of carbonyl (C=O) groups excluding carboxylic acids is 1. The van der Waals surface area contributed by atoms with Gasteiger partial charge in [-0.15, -0.1) is 0 Å². The Kier molecular flexibility index (Phi) is 4.00. The molecular formula is C19H21N5O2. The molecule has 0 bridgehead atoms. The minimum absolute atomic E-state index is 0.101. The smallest absolute Gasteiger partial charge is 0.221 e. The zero-order chi connectivity index (χ0) is 18.3. The van der Waals surface area contributed by atoms with E-state index >= 15 is 0 Å². The van der Waals surface area contributed by atoms with E-state index in [9.17, 15) is 4.79 Å². The number of hydrogen-bond acceptors (Lipinski definition) is 6. The zero-order valence-corrected chi connectivity index (χ0v) is 15.1. The number of anilines is 1. The Morgan fingerprint density at radius 3 is 2.69 bits per heavy atom. The van der Waals surface area contributed by atoms with E-state index in [1.165, 1.54) is 6.92 Å². The summed E-state index contributed by atoms with van der Waals surface area (Å²) in [4.78, 5) is 26.1. The minimum Gasteiger partial charge on any atom is -0.324 e. The molecular weight excluding hydrogens is 330 g/mol. The Labute approximate surface area is 152 Å². The van der Waals surface area contributed by atoms with Gasteiger partial charge in [-0.25, -0.2) is 10.1 Å². The van der Waals surface area contributed by atoms with Crippen LogP contribution in [0.2, 0.25) is 0 Å². The summed E-state index contributed by atoms with van der Waals surface area (Å²) in [5.41, 5.74) is 4.64. The second-order valence-electron chi connectivity index (χ2n) is 6.41. The normalized spacial score (nSPS) is 18.9. The molecule has 1 amide bonds. The van der Waals surface area contributed by atoms with Gasteiger partial charge in [0.2, 0.25) is 5.91 Å². The largest absolute Gasteiger partial charge is 0.324 e.